The lowest BCUT2D eigenvalue weighted by molar-refractivity contribution is 0.0429. The molecule has 0 amide bonds. The predicted molar refractivity (Wildman–Crippen MR) is 108 cm³/mol. The first-order valence-corrected chi connectivity index (χ1v) is 11.6. The highest BCUT2D eigenvalue weighted by Crippen LogP contribution is 2.30. The molecule has 0 aliphatic carbocycles. The van der Waals surface area contributed by atoms with Gasteiger partial charge in [-0.2, -0.15) is 20.6 Å². The average molecular weight is 450 g/mol. The molecule has 0 spiro atoms. The number of sulfonamides is 1. The van der Waals surface area contributed by atoms with Gasteiger partial charge in [-0.1, -0.05) is 5.16 Å². The van der Waals surface area contributed by atoms with Gasteiger partial charge in [-0.15, -0.1) is 0 Å². The number of methoxy groups -OCH3 is 1. The zero-order chi connectivity index (χ0) is 21.1. The molecular formula is C19H19N3O6S2. The fourth-order valence-corrected chi connectivity index (χ4v) is 5.44. The monoisotopic (exact) mass is 449 g/mol. The third-order valence-corrected chi connectivity index (χ3v) is 7.26. The molecule has 158 valence electrons. The lowest BCUT2D eigenvalue weighted by Gasteiger charge is -2.18. The molecule has 3 heterocycles. The molecular weight excluding hydrogens is 430 g/mol. The molecule has 9 nitrogen and oxygen atoms in total. The van der Waals surface area contributed by atoms with Gasteiger partial charge in [0.1, 0.15) is 10.6 Å². The van der Waals surface area contributed by atoms with Crippen LogP contribution in [-0.2, 0) is 21.4 Å². The van der Waals surface area contributed by atoms with Gasteiger partial charge in [0, 0.05) is 24.0 Å². The molecule has 3 aromatic rings. The number of hydrogen-bond acceptors (Lipinski definition) is 9. The summed E-state index contributed by atoms with van der Waals surface area (Å²) in [5.41, 5.74) is 0.902. The molecule has 1 aliphatic rings. The molecule has 1 saturated heterocycles. The Morgan fingerprint density at radius 1 is 1.27 bits per heavy atom. The minimum Gasteiger partial charge on any atom is -0.495 e. The van der Waals surface area contributed by atoms with Gasteiger partial charge in [-0.25, -0.2) is 13.2 Å². The van der Waals surface area contributed by atoms with Crippen molar-refractivity contribution in [3.63, 3.8) is 0 Å². The number of esters is 1. The van der Waals surface area contributed by atoms with E-state index < -0.39 is 16.0 Å². The molecule has 1 aromatic carbocycles. The number of benzene rings is 1. The standard InChI is InChI=1S/C19H19N3O6S2/c1-26-15-5-4-13(10-16(15)30(24,25)22-7-2-3-8-22)19(23)27-11-17-20-18(21-28-17)14-6-9-29-12-14/h4-6,9-10,12H,2-3,7-8,11H2,1H3. The summed E-state index contributed by atoms with van der Waals surface area (Å²) in [7, 11) is -2.38. The van der Waals surface area contributed by atoms with Crippen LogP contribution in [0.5, 0.6) is 5.75 Å². The molecule has 11 heteroatoms. The van der Waals surface area contributed by atoms with E-state index in [1.54, 1.807) is 0 Å². The van der Waals surface area contributed by atoms with Gasteiger partial charge in [-0.3, -0.25) is 0 Å². The Labute approximate surface area is 177 Å². The molecule has 0 atom stereocenters. The smallest absolute Gasteiger partial charge is 0.338 e. The van der Waals surface area contributed by atoms with Crippen LogP contribution < -0.4 is 4.74 Å². The van der Waals surface area contributed by atoms with E-state index in [0.717, 1.165) is 18.4 Å². The number of carbonyl (C=O) groups excluding carboxylic acids is 1. The second kappa shape index (κ2) is 8.54. The van der Waals surface area contributed by atoms with Gasteiger partial charge in [0.2, 0.25) is 15.8 Å². The van der Waals surface area contributed by atoms with E-state index in [9.17, 15) is 13.2 Å². The van der Waals surface area contributed by atoms with Crippen molar-refractivity contribution in [2.75, 3.05) is 20.2 Å². The van der Waals surface area contributed by atoms with Crippen molar-refractivity contribution in [1.29, 1.82) is 0 Å². The number of ether oxygens (including phenoxy) is 2. The normalized spacial score (nSPS) is 14.7. The van der Waals surface area contributed by atoms with Crippen molar-refractivity contribution in [3.05, 3.63) is 46.5 Å². The Morgan fingerprint density at radius 2 is 2.07 bits per heavy atom. The van der Waals surface area contributed by atoms with E-state index in [0.29, 0.717) is 18.9 Å². The molecule has 0 saturated carbocycles. The molecule has 0 unspecified atom stereocenters. The summed E-state index contributed by atoms with van der Waals surface area (Å²) in [6, 6.07) is 6.03. The topological polar surface area (TPSA) is 112 Å². The number of nitrogens with zero attached hydrogens (tertiary/aromatic N) is 3. The highest BCUT2D eigenvalue weighted by atomic mass is 32.2. The number of carbonyl (C=O) groups is 1. The predicted octanol–water partition coefficient (Wildman–Crippen LogP) is 2.95. The van der Waals surface area contributed by atoms with Crippen LogP contribution in [0.1, 0.15) is 29.1 Å². The maximum Gasteiger partial charge on any atom is 0.338 e. The highest BCUT2D eigenvalue weighted by Gasteiger charge is 2.31. The molecule has 4 rings (SSSR count). The third kappa shape index (κ3) is 4.09. The number of aromatic nitrogens is 2. The van der Waals surface area contributed by atoms with Crippen molar-refractivity contribution >= 4 is 27.3 Å². The van der Waals surface area contributed by atoms with Gasteiger partial charge in [0.05, 0.1) is 12.7 Å². The Balaban J connectivity index is 1.50. The lowest BCUT2D eigenvalue weighted by atomic mass is 10.2. The molecule has 0 N–H and O–H groups in total. The molecule has 0 radical (unpaired) electrons. The number of rotatable bonds is 7. The molecule has 30 heavy (non-hydrogen) atoms. The SMILES string of the molecule is COc1ccc(C(=O)OCc2nc(-c3ccsc3)no2)cc1S(=O)(=O)N1CCCC1. The number of hydrogen-bond donors (Lipinski definition) is 0. The van der Waals surface area contributed by atoms with Crippen molar-refractivity contribution in [3.8, 4) is 17.1 Å². The van der Waals surface area contributed by atoms with Crippen molar-refractivity contribution in [2.24, 2.45) is 0 Å². The Morgan fingerprint density at radius 3 is 2.77 bits per heavy atom. The van der Waals surface area contributed by atoms with Gasteiger partial charge >= 0.3 is 5.97 Å². The maximum absolute atomic E-state index is 12.9. The van der Waals surface area contributed by atoms with Crippen molar-refractivity contribution in [2.45, 2.75) is 24.3 Å². The Kier molecular flexibility index (Phi) is 5.84. The Hall–Kier alpha value is -2.76. The summed E-state index contributed by atoms with van der Waals surface area (Å²) >= 11 is 1.50. The van der Waals surface area contributed by atoms with E-state index in [1.165, 1.54) is 41.0 Å². The van der Waals surface area contributed by atoms with Crippen LogP contribution in [0.4, 0.5) is 0 Å². The molecule has 1 aliphatic heterocycles. The first-order chi connectivity index (χ1) is 14.5. The largest absolute Gasteiger partial charge is 0.495 e. The summed E-state index contributed by atoms with van der Waals surface area (Å²) in [6.45, 7) is 0.670. The quantitative estimate of drug-likeness (QED) is 0.506. The van der Waals surface area contributed by atoms with Gasteiger partial charge in [-0.05, 0) is 42.5 Å². The lowest BCUT2D eigenvalue weighted by Crippen LogP contribution is -2.28. The van der Waals surface area contributed by atoms with Crippen molar-refractivity contribution in [1.82, 2.24) is 14.4 Å². The minimum atomic E-state index is -3.77. The van der Waals surface area contributed by atoms with E-state index in [4.69, 9.17) is 14.0 Å². The third-order valence-electron chi connectivity index (χ3n) is 4.66. The second-order valence-corrected chi connectivity index (χ2v) is 9.26. The first kappa shape index (κ1) is 20.5. The summed E-state index contributed by atoms with van der Waals surface area (Å²) in [4.78, 5) is 16.6. The minimum absolute atomic E-state index is 0.0566. The van der Waals surface area contributed by atoms with E-state index in [2.05, 4.69) is 10.1 Å². The zero-order valence-corrected chi connectivity index (χ0v) is 17.7. The van der Waals surface area contributed by atoms with Crippen molar-refractivity contribution < 1.29 is 27.2 Å². The molecule has 1 fully saturated rings. The summed E-state index contributed by atoms with van der Waals surface area (Å²) in [5.74, 6) is 0.0234. The van der Waals surface area contributed by atoms with Crippen LogP contribution in [0.3, 0.4) is 0 Å². The molecule has 2 aromatic heterocycles. The van der Waals surface area contributed by atoms with Crippen LogP contribution in [0, 0.1) is 0 Å². The van der Waals surface area contributed by atoms with E-state index >= 15 is 0 Å². The average Bonchev–Trinajstić information content (AvgIpc) is 3.53. The molecule has 0 bridgehead atoms. The Bertz CT molecular complexity index is 1130. The fourth-order valence-electron chi connectivity index (χ4n) is 3.11. The maximum atomic E-state index is 12.9. The van der Waals surface area contributed by atoms with Crippen LogP contribution in [0.2, 0.25) is 0 Å². The zero-order valence-electron chi connectivity index (χ0n) is 16.1. The van der Waals surface area contributed by atoms with Gasteiger partial charge in [0.25, 0.3) is 5.89 Å². The summed E-state index contributed by atoms with van der Waals surface area (Å²) in [6.07, 6.45) is 1.61. The van der Waals surface area contributed by atoms with E-state index in [1.807, 2.05) is 16.8 Å². The fraction of sp³-hybridized carbons (Fsp3) is 0.316. The summed E-state index contributed by atoms with van der Waals surface area (Å²) in [5, 5.41) is 7.62. The van der Waals surface area contributed by atoms with Crippen LogP contribution >= 0.6 is 11.3 Å². The van der Waals surface area contributed by atoms with Crippen LogP contribution in [0.15, 0.2) is 44.4 Å². The van der Waals surface area contributed by atoms with Gasteiger partial charge < -0.3 is 14.0 Å². The number of thiophene rings is 1. The second-order valence-electron chi connectivity index (χ2n) is 6.58. The van der Waals surface area contributed by atoms with E-state index in [-0.39, 0.29) is 28.7 Å². The van der Waals surface area contributed by atoms with Crippen LogP contribution in [-0.4, -0.2) is 49.0 Å². The summed E-state index contributed by atoms with van der Waals surface area (Å²) < 4.78 is 42.8. The highest BCUT2D eigenvalue weighted by molar-refractivity contribution is 7.89. The van der Waals surface area contributed by atoms with Crippen LogP contribution in [0.25, 0.3) is 11.4 Å². The first-order valence-electron chi connectivity index (χ1n) is 9.19. The van der Waals surface area contributed by atoms with Gasteiger partial charge in [0.15, 0.2) is 6.61 Å².